The summed E-state index contributed by atoms with van der Waals surface area (Å²) >= 11 is 0. The van der Waals surface area contributed by atoms with Gasteiger partial charge in [0.1, 0.15) is 18.6 Å². The number of carboxylic acids is 1. The molecule has 0 aromatic carbocycles. The number of aliphatic carboxylic acids is 1. The molecule has 1 fully saturated rings. The third-order valence-electron chi connectivity index (χ3n) is 3.58. The minimum Gasteiger partial charge on any atom is -0.480 e. The number of nitrogens with one attached hydrogen (secondary N) is 4. The fourth-order valence-corrected chi connectivity index (χ4v) is 2.29. The van der Waals surface area contributed by atoms with Gasteiger partial charge in [0.05, 0.1) is 12.5 Å². The minimum absolute atomic E-state index is 0.423. The lowest BCUT2D eigenvalue weighted by Gasteiger charge is -2.21. The third-order valence-corrected chi connectivity index (χ3v) is 3.58. The van der Waals surface area contributed by atoms with Gasteiger partial charge in [-0.25, -0.2) is 0 Å². The largest absolute Gasteiger partial charge is 0.480 e. The van der Waals surface area contributed by atoms with Crippen LogP contribution in [-0.2, 0) is 24.0 Å². The van der Waals surface area contributed by atoms with E-state index in [4.69, 9.17) is 10.8 Å². The van der Waals surface area contributed by atoms with Gasteiger partial charge in [0.25, 0.3) is 0 Å². The van der Waals surface area contributed by atoms with E-state index in [0.717, 1.165) is 6.42 Å². The van der Waals surface area contributed by atoms with Gasteiger partial charge in [0.2, 0.25) is 23.6 Å². The monoisotopic (exact) mass is 357 g/mol. The van der Waals surface area contributed by atoms with E-state index in [0.29, 0.717) is 13.0 Å². The van der Waals surface area contributed by atoms with Crippen LogP contribution in [0.3, 0.4) is 0 Å². The molecule has 11 heteroatoms. The van der Waals surface area contributed by atoms with E-state index in [2.05, 4.69) is 21.3 Å². The molecule has 0 radical (unpaired) electrons. The lowest BCUT2D eigenvalue weighted by molar-refractivity contribution is -0.138. The van der Waals surface area contributed by atoms with Crippen molar-refractivity contribution >= 4 is 29.6 Å². The van der Waals surface area contributed by atoms with Gasteiger partial charge in [-0.1, -0.05) is 0 Å². The molecule has 25 heavy (non-hydrogen) atoms. The number of rotatable bonds is 9. The summed E-state index contributed by atoms with van der Waals surface area (Å²) in [5, 5.41) is 18.3. The second kappa shape index (κ2) is 9.57. The highest BCUT2D eigenvalue weighted by molar-refractivity contribution is 5.95. The Morgan fingerprint density at radius 3 is 2.40 bits per heavy atom. The zero-order valence-electron chi connectivity index (χ0n) is 13.8. The molecule has 11 nitrogen and oxygen atoms in total. The van der Waals surface area contributed by atoms with Crippen LogP contribution in [0, 0.1) is 0 Å². The fourth-order valence-electron chi connectivity index (χ4n) is 2.29. The molecule has 0 aromatic rings. The van der Waals surface area contributed by atoms with Crippen LogP contribution < -0.4 is 27.0 Å². The molecule has 4 amide bonds. The zero-order valence-corrected chi connectivity index (χ0v) is 13.8. The molecule has 3 atom stereocenters. The highest BCUT2D eigenvalue weighted by atomic mass is 16.4. The van der Waals surface area contributed by atoms with Crippen molar-refractivity contribution in [2.45, 2.75) is 44.3 Å². The summed E-state index contributed by atoms with van der Waals surface area (Å²) in [5.41, 5.74) is 5.10. The van der Waals surface area contributed by atoms with Gasteiger partial charge in [-0.3, -0.25) is 24.0 Å². The number of hydrogen-bond donors (Lipinski definition) is 6. The first-order valence-corrected chi connectivity index (χ1v) is 7.82. The van der Waals surface area contributed by atoms with E-state index in [1.54, 1.807) is 0 Å². The van der Waals surface area contributed by atoms with Gasteiger partial charge < -0.3 is 32.1 Å². The number of amides is 4. The summed E-state index contributed by atoms with van der Waals surface area (Å²) in [4.78, 5) is 57.6. The van der Waals surface area contributed by atoms with Crippen LogP contribution in [0.1, 0.15) is 26.2 Å². The molecule has 3 unspecified atom stereocenters. The van der Waals surface area contributed by atoms with Crippen molar-refractivity contribution in [1.82, 2.24) is 21.3 Å². The number of carbonyl (C=O) groups is 5. The number of carboxylic acid groups (broad SMARTS) is 1. The summed E-state index contributed by atoms with van der Waals surface area (Å²) in [6.45, 7) is 1.44. The SMILES string of the molecule is CC(NC(=O)C(CC(N)=O)NC(=O)C1CCCN1)C(=O)NCC(=O)O. The van der Waals surface area contributed by atoms with Crippen LogP contribution in [-0.4, -0.2) is 65.9 Å². The molecule has 1 aliphatic heterocycles. The normalized spacial score (nSPS) is 18.7. The van der Waals surface area contributed by atoms with Gasteiger partial charge in [-0.15, -0.1) is 0 Å². The molecule has 0 aliphatic carbocycles. The average molecular weight is 357 g/mol. The number of primary amides is 1. The molecular weight excluding hydrogens is 334 g/mol. The molecule has 0 bridgehead atoms. The Balaban J connectivity index is 2.62. The summed E-state index contributed by atoms with van der Waals surface area (Å²) < 4.78 is 0. The highest BCUT2D eigenvalue weighted by Crippen LogP contribution is 2.06. The van der Waals surface area contributed by atoms with E-state index in [9.17, 15) is 24.0 Å². The Bertz CT molecular complexity index is 546. The standard InChI is InChI=1S/C14H23N5O6/c1-7(12(23)17-6-11(21)22)18-14(25)9(5-10(15)20)19-13(24)8-3-2-4-16-8/h7-9,16H,2-6H2,1H3,(H2,15,20)(H,17,23)(H,18,25)(H,19,24)(H,21,22). The van der Waals surface area contributed by atoms with Gasteiger partial charge in [-0.05, 0) is 26.3 Å². The van der Waals surface area contributed by atoms with E-state index < -0.39 is 60.7 Å². The molecule has 1 rings (SSSR count). The summed E-state index contributed by atoms with van der Waals surface area (Å²) in [6, 6.07) is -2.72. The van der Waals surface area contributed by atoms with Crippen molar-refractivity contribution in [2.24, 2.45) is 5.73 Å². The zero-order chi connectivity index (χ0) is 19.0. The highest BCUT2D eigenvalue weighted by Gasteiger charge is 2.29. The Morgan fingerprint density at radius 1 is 1.20 bits per heavy atom. The van der Waals surface area contributed by atoms with Crippen LogP contribution >= 0.6 is 0 Å². The Morgan fingerprint density at radius 2 is 1.88 bits per heavy atom. The fraction of sp³-hybridized carbons (Fsp3) is 0.643. The van der Waals surface area contributed by atoms with Crippen molar-refractivity contribution in [3.05, 3.63) is 0 Å². The van der Waals surface area contributed by atoms with E-state index in [1.165, 1.54) is 6.92 Å². The predicted molar refractivity (Wildman–Crippen MR) is 85.0 cm³/mol. The van der Waals surface area contributed by atoms with Crippen molar-refractivity contribution < 1.29 is 29.1 Å². The van der Waals surface area contributed by atoms with Crippen LogP contribution in [0.15, 0.2) is 0 Å². The summed E-state index contributed by atoms with van der Waals surface area (Å²) in [7, 11) is 0. The Kier molecular flexibility index (Phi) is 7.79. The Labute approximate surface area is 144 Å². The van der Waals surface area contributed by atoms with Crippen molar-refractivity contribution in [3.63, 3.8) is 0 Å². The Hall–Kier alpha value is -2.69. The maximum absolute atomic E-state index is 12.2. The molecule has 0 spiro atoms. The molecule has 1 aliphatic rings. The molecular formula is C14H23N5O6. The molecule has 0 aromatic heterocycles. The van der Waals surface area contributed by atoms with E-state index in [-0.39, 0.29) is 0 Å². The molecule has 1 saturated heterocycles. The first-order chi connectivity index (χ1) is 11.7. The topological polar surface area (TPSA) is 180 Å². The van der Waals surface area contributed by atoms with E-state index >= 15 is 0 Å². The van der Waals surface area contributed by atoms with Crippen LogP contribution in [0.25, 0.3) is 0 Å². The summed E-state index contributed by atoms with van der Waals surface area (Å²) in [6.07, 6.45) is 1.02. The number of hydrogen-bond acceptors (Lipinski definition) is 6. The molecule has 1 heterocycles. The predicted octanol–water partition coefficient (Wildman–Crippen LogP) is -3.20. The first kappa shape index (κ1) is 20.4. The lowest BCUT2D eigenvalue weighted by Crippen LogP contribution is -2.56. The second-order valence-electron chi connectivity index (χ2n) is 5.72. The average Bonchev–Trinajstić information content (AvgIpc) is 3.05. The molecule has 0 saturated carbocycles. The van der Waals surface area contributed by atoms with Gasteiger partial charge in [-0.2, -0.15) is 0 Å². The van der Waals surface area contributed by atoms with Gasteiger partial charge in [0, 0.05) is 0 Å². The van der Waals surface area contributed by atoms with Crippen LogP contribution in [0.5, 0.6) is 0 Å². The number of carbonyl (C=O) groups excluding carboxylic acids is 4. The van der Waals surface area contributed by atoms with Crippen molar-refractivity contribution in [3.8, 4) is 0 Å². The number of nitrogens with two attached hydrogens (primary N) is 1. The maximum atomic E-state index is 12.2. The van der Waals surface area contributed by atoms with Gasteiger partial charge >= 0.3 is 5.97 Å². The lowest BCUT2D eigenvalue weighted by atomic mass is 10.1. The molecule has 140 valence electrons. The summed E-state index contributed by atoms with van der Waals surface area (Å²) in [5.74, 6) is -3.92. The first-order valence-electron chi connectivity index (χ1n) is 7.82. The van der Waals surface area contributed by atoms with Gasteiger partial charge in [0.15, 0.2) is 0 Å². The van der Waals surface area contributed by atoms with Crippen molar-refractivity contribution in [2.75, 3.05) is 13.1 Å². The van der Waals surface area contributed by atoms with Crippen LogP contribution in [0.4, 0.5) is 0 Å². The molecule has 7 N–H and O–H groups in total. The maximum Gasteiger partial charge on any atom is 0.322 e. The third kappa shape index (κ3) is 7.16. The van der Waals surface area contributed by atoms with E-state index in [1.807, 2.05) is 0 Å². The smallest absolute Gasteiger partial charge is 0.322 e. The minimum atomic E-state index is -1.23. The van der Waals surface area contributed by atoms with Crippen molar-refractivity contribution in [1.29, 1.82) is 0 Å². The second-order valence-corrected chi connectivity index (χ2v) is 5.72. The quantitative estimate of drug-likeness (QED) is 0.251. The van der Waals surface area contributed by atoms with Crippen LogP contribution in [0.2, 0.25) is 0 Å².